The van der Waals surface area contributed by atoms with Gasteiger partial charge in [0, 0.05) is 4.47 Å². The summed E-state index contributed by atoms with van der Waals surface area (Å²) in [5.41, 5.74) is 0.679. The van der Waals surface area contributed by atoms with E-state index >= 15 is 0 Å². The molecule has 1 aromatic rings. The molecule has 1 aliphatic heterocycles. The molecule has 2 bridgehead atoms. The second-order valence-electron chi connectivity index (χ2n) is 5.49. The summed E-state index contributed by atoms with van der Waals surface area (Å²) in [4.78, 5) is 26.5. The van der Waals surface area contributed by atoms with Gasteiger partial charge in [0.1, 0.15) is 0 Å². The predicted octanol–water partition coefficient (Wildman–Crippen LogP) is 2.76. The first-order valence-corrected chi connectivity index (χ1v) is 7.28. The van der Waals surface area contributed by atoms with Crippen LogP contribution in [0.3, 0.4) is 0 Å². The number of amides is 2. The Balaban J connectivity index is 1.77. The zero-order chi connectivity index (χ0) is 13.1. The second kappa shape index (κ2) is 3.79. The molecular weight excluding hydrogens is 306 g/mol. The Morgan fingerprint density at radius 2 is 1.68 bits per heavy atom. The molecule has 0 radical (unpaired) electrons. The quantitative estimate of drug-likeness (QED) is 0.590. The summed E-state index contributed by atoms with van der Waals surface area (Å²) in [6.07, 6.45) is 5.20. The zero-order valence-electron chi connectivity index (χ0n) is 10.1. The van der Waals surface area contributed by atoms with Crippen LogP contribution in [-0.4, -0.2) is 11.8 Å². The average molecular weight is 318 g/mol. The normalized spacial score (nSPS) is 35.3. The number of anilines is 1. The average Bonchev–Trinajstić information content (AvgIpc) is 3.04. The highest BCUT2D eigenvalue weighted by Crippen LogP contribution is 2.53. The minimum atomic E-state index is -0.124. The lowest BCUT2D eigenvalue weighted by Gasteiger charge is -2.17. The highest BCUT2D eigenvalue weighted by atomic mass is 79.9. The molecule has 3 nitrogen and oxygen atoms in total. The van der Waals surface area contributed by atoms with Gasteiger partial charge in [0.25, 0.3) is 0 Å². The molecule has 4 atom stereocenters. The Morgan fingerprint density at radius 3 is 2.26 bits per heavy atom. The van der Waals surface area contributed by atoms with E-state index in [1.807, 2.05) is 24.3 Å². The third-order valence-corrected chi connectivity index (χ3v) is 5.03. The second-order valence-corrected chi connectivity index (χ2v) is 6.41. The number of allylic oxidation sites excluding steroid dienone is 2. The van der Waals surface area contributed by atoms with Gasteiger partial charge in [-0.25, -0.2) is 4.90 Å². The molecule has 2 fully saturated rings. The summed E-state index contributed by atoms with van der Waals surface area (Å²) < 4.78 is 0.878. The lowest BCUT2D eigenvalue weighted by atomic mass is 9.85. The van der Waals surface area contributed by atoms with Crippen molar-refractivity contribution >= 4 is 33.4 Å². The van der Waals surface area contributed by atoms with Crippen LogP contribution in [0.4, 0.5) is 5.69 Å². The number of fused-ring (bicyclic) bond motifs is 5. The Kier molecular flexibility index (Phi) is 2.28. The van der Waals surface area contributed by atoms with E-state index in [0.717, 1.165) is 10.9 Å². The van der Waals surface area contributed by atoms with Crippen LogP contribution in [0.25, 0.3) is 0 Å². The fraction of sp³-hybridized carbons (Fsp3) is 0.333. The van der Waals surface area contributed by atoms with Gasteiger partial charge in [0.15, 0.2) is 0 Å². The Labute approximate surface area is 119 Å². The van der Waals surface area contributed by atoms with Crippen molar-refractivity contribution in [2.45, 2.75) is 6.42 Å². The maximum absolute atomic E-state index is 12.6. The molecule has 0 aromatic heterocycles. The van der Waals surface area contributed by atoms with Crippen LogP contribution in [0, 0.1) is 23.7 Å². The van der Waals surface area contributed by atoms with Crippen molar-refractivity contribution in [1.82, 2.24) is 0 Å². The minimum Gasteiger partial charge on any atom is -0.274 e. The molecule has 4 rings (SSSR count). The van der Waals surface area contributed by atoms with Gasteiger partial charge in [-0.1, -0.05) is 34.1 Å². The summed E-state index contributed by atoms with van der Waals surface area (Å²) in [5.74, 6) is 0.241. The SMILES string of the molecule is O=C1[C@@H]2[C@H](C(=O)N1c1cccc(Br)c1)[C@@H]1C=C[C@@H]2C1. The highest BCUT2D eigenvalue weighted by molar-refractivity contribution is 9.10. The molecule has 0 spiro atoms. The lowest BCUT2D eigenvalue weighted by molar-refractivity contribution is -0.123. The van der Waals surface area contributed by atoms with Crippen molar-refractivity contribution in [1.29, 1.82) is 0 Å². The number of carbonyl (C=O) groups is 2. The molecule has 1 saturated heterocycles. The van der Waals surface area contributed by atoms with Gasteiger partial charge in [-0.05, 0) is 36.5 Å². The highest BCUT2D eigenvalue weighted by Gasteiger charge is 2.59. The van der Waals surface area contributed by atoms with E-state index in [-0.39, 0.29) is 35.5 Å². The van der Waals surface area contributed by atoms with Gasteiger partial charge in [-0.2, -0.15) is 0 Å². The number of nitrogens with zero attached hydrogens (tertiary/aromatic N) is 1. The summed E-state index contributed by atoms with van der Waals surface area (Å²) in [6, 6.07) is 7.38. The van der Waals surface area contributed by atoms with E-state index < -0.39 is 0 Å². The van der Waals surface area contributed by atoms with Crippen molar-refractivity contribution in [3.05, 3.63) is 40.9 Å². The van der Waals surface area contributed by atoms with Gasteiger partial charge in [0.05, 0.1) is 17.5 Å². The summed E-state index contributed by atoms with van der Waals surface area (Å²) in [7, 11) is 0. The molecule has 1 aromatic carbocycles. The van der Waals surface area contributed by atoms with Gasteiger partial charge >= 0.3 is 0 Å². The van der Waals surface area contributed by atoms with Crippen LogP contribution in [0.5, 0.6) is 0 Å². The monoisotopic (exact) mass is 317 g/mol. The Hall–Kier alpha value is -1.42. The maximum atomic E-state index is 12.6. The van der Waals surface area contributed by atoms with Gasteiger partial charge in [-0.15, -0.1) is 0 Å². The number of imide groups is 1. The number of halogens is 1. The number of carbonyl (C=O) groups excluding carboxylic acids is 2. The largest absolute Gasteiger partial charge is 0.274 e. The van der Waals surface area contributed by atoms with Gasteiger partial charge in [-0.3, -0.25) is 9.59 Å². The van der Waals surface area contributed by atoms with Crippen molar-refractivity contribution in [2.75, 3.05) is 4.90 Å². The van der Waals surface area contributed by atoms with Crippen molar-refractivity contribution < 1.29 is 9.59 Å². The maximum Gasteiger partial charge on any atom is 0.238 e. The number of hydrogen-bond acceptors (Lipinski definition) is 2. The standard InChI is InChI=1S/C15H12BrNO2/c16-10-2-1-3-11(7-10)17-14(18)12-8-4-5-9(6-8)13(12)15(17)19/h1-5,7-9,12-13H,6H2/t8-,9-,12-,13+/m1/s1. The molecule has 1 saturated carbocycles. The Morgan fingerprint density at radius 1 is 1.05 bits per heavy atom. The molecule has 96 valence electrons. The molecule has 2 amide bonds. The first kappa shape index (κ1) is 11.4. The third-order valence-electron chi connectivity index (χ3n) is 4.54. The number of rotatable bonds is 1. The van der Waals surface area contributed by atoms with Crippen molar-refractivity contribution in [3.8, 4) is 0 Å². The smallest absolute Gasteiger partial charge is 0.238 e. The molecular formula is C15H12BrNO2. The third kappa shape index (κ3) is 1.43. The van der Waals surface area contributed by atoms with E-state index in [0.29, 0.717) is 5.69 Å². The first-order chi connectivity index (χ1) is 9.16. The number of hydrogen-bond donors (Lipinski definition) is 0. The van der Waals surface area contributed by atoms with E-state index in [2.05, 4.69) is 28.1 Å². The number of benzene rings is 1. The summed E-state index contributed by atoms with van der Waals surface area (Å²) in [6.45, 7) is 0. The van der Waals surface area contributed by atoms with Gasteiger partial charge < -0.3 is 0 Å². The minimum absolute atomic E-state index is 0.0232. The predicted molar refractivity (Wildman–Crippen MR) is 74.4 cm³/mol. The fourth-order valence-electron chi connectivity index (χ4n) is 3.77. The van der Waals surface area contributed by atoms with E-state index in [4.69, 9.17) is 0 Å². The molecule has 4 heteroatoms. The summed E-state index contributed by atoms with van der Waals surface area (Å²) in [5, 5.41) is 0. The Bertz CT molecular complexity index is 594. The van der Waals surface area contributed by atoms with Crippen molar-refractivity contribution in [2.24, 2.45) is 23.7 Å². The zero-order valence-corrected chi connectivity index (χ0v) is 11.7. The summed E-state index contributed by atoms with van der Waals surface area (Å²) >= 11 is 3.38. The molecule has 3 aliphatic rings. The molecule has 0 unspecified atom stereocenters. The first-order valence-electron chi connectivity index (χ1n) is 6.48. The van der Waals surface area contributed by atoms with Crippen molar-refractivity contribution in [3.63, 3.8) is 0 Å². The molecule has 2 aliphatic carbocycles. The van der Waals surface area contributed by atoms with Crippen LogP contribution < -0.4 is 4.90 Å². The van der Waals surface area contributed by atoms with Crippen LogP contribution in [-0.2, 0) is 9.59 Å². The lowest BCUT2D eigenvalue weighted by Crippen LogP contribution is -2.32. The molecule has 0 N–H and O–H groups in total. The van der Waals surface area contributed by atoms with Crippen LogP contribution >= 0.6 is 15.9 Å². The molecule has 1 heterocycles. The molecule has 19 heavy (non-hydrogen) atoms. The van der Waals surface area contributed by atoms with E-state index in [1.54, 1.807) is 0 Å². The topological polar surface area (TPSA) is 37.4 Å². The fourth-order valence-corrected chi connectivity index (χ4v) is 4.16. The van der Waals surface area contributed by atoms with Crippen LogP contribution in [0.15, 0.2) is 40.9 Å². The van der Waals surface area contributed by atoms with Crippen LogP contribution in [0.1, 0.15) is 6.42 Å². The van der Waals surface area contributed by atoms with Crippen LogP contribution in [0.2, 0.25) is 0 Å². The van der Waals surface area contributed by atoms with E-state index in [1.165, 1.54) is 4.90 Å². The van der Waals surface area contributed by atoms with Gasteiger partial charge in [0.2, 0.25) is 11.8 Å². The van der Waals surface area contributed by atoms with E-state index in [9.17, 15) is 9.59 Å².